The summed E-state index contributed by atoms with van der Waals surface area (Å²) in [7, 11) is 1.24. The number of fused-ring (bicyclic) bond motifs is 3. The van der Waals surface area contributed by atoms with Crippen molar-refractivity contribution in [1.82, 2.24) is 0 Å². The van der Waals surface area contributed by atoms with Crippen molar-refractivity contribution in [2.75, 3.05) is 17.3 Å². The lowest BCUT2D eigenvalue weighted by atomic mass is 9.60. The van der Waals surface area contributed by atoms with Crippen molar-refractivity contribution in [1.29, 1.82) is 0 Å². The minimum atomic E-state index is -1.72. The number of ketones is 1. The Kier molecular flexibility index (Phi) is 5.34. The van der Waals surface area contributed by atoms with Gasteiger partial charge in [0.15, 0.2) is 5.78 Å². The Morgan fingerprint density at radius 2 is 1.83 bits per heavy atom. The molecule has 7 nitrogen and oxygen atoms in total. The second-order valence-electron chi connectivity index (χ2n) is 10.5. The molecule has 2 aromatic rings. The van der Waals surface area contributed by atoms with Gasteiger partial charge < -0.3 is 15.8 Å². The van der Waals surface area contributed by atoms with Gasteiger partial charge in [0.05, 0.1) is 7.11 Å². The average molecular weight is 506 g/mol. The van der Waals surface area contributed by atoms with E-state index < -0.39 is 22.7 Å². The van der Waals surface area contributed by atoms with E-state index in [1.165, 1.54) is 7.11 Å². The van der Waals surface area contributed by atoms with E-state index in [0.29, 0.717) is 34.1 Å². The zero-order chi connectivity index (χ0) is 26.2. The molecule has 1 amide bonds. The first-order chi connectivity index (χ1) is 16.9. The number of esters is 1. The highest BCUT2D eigenvalue weighted by atomic mass is 35.5. The van der Waals surface area contributed by atoms with Crippen molar-refractivity contribution in [2.24, 2.45) is 11.1 Å². The van der Waals surface area contributed by atoms with Crippen LogP contribution >= 0.6 is 11.6 Å². The number of aryl methyl sites for hydroxylation is 2. The van der Waals surface area contributed by atoms with Gasteiger partial charge in [-0.15, -0.1) is 0 Å². The van der Waals surface area contributed by atoms with E-state index in [2.05, 4.69) is 5.32 Å². The summed E-state index contributed by atoms with van der Waals surface area (Å²) in [6.45, 7) is 7.79. The first-order valence-corrected chi connectivity index (χ1v) is 12.1. The molecule has 0 aromatic heterocycles. The molecule has 1 spiro atoms. The molecule has 0 saturated heterocycles. The van der Waals surface area contributed by atoms with Crippen molar-refractivity contribution in [3.8, 4) is 0 Å². The van der Waals surface area contributed by atoms with Gasteiger partial charge in [-0.2, -0.15) is 0 Å². The molecule has 5 rings (SSSR count). The molecule has 2 aliphatic heterocycles. The molecule has 0 fully saturated rings. The number of methoxy groups -OCH3 is 1. The first-order valence-electron chi connectivity index (χ1n) is 11.8. The van der Waals surface area contributed by atoms with Crippen LogP contribution < -0.4 is 16.0 Å². The van der Waals surface area contributed by atoms with Crippen molar-refractivity contribution in [3.05, 3.63) is 80.8 Å². The number of Topliss-reactive ketones (excluding diaryl/α,β-unsaturated/α-hetero) is 1. The quantitative estimate of drug-likeness (QED) is 0.576. The summed E-state index contributed by atoms with van der Waals surface area (Å²) >= 11 is 6.47. The van der Waals surface area contributed by atoms with Gasteiger partial charge in [0, 0.05) is 39.7 Å². The minimum absolute atomic E-state index is 0.0375. The van der Waals surface area contributed by atoms with E-state index >= 15 is 0 Å². The molecule has 0 bridgehead atoms. The molecule has 0 saturated carbocycles. The van der Waals surface area contributed by atoms with Gasteiger partial charge in [0.1, 0.15) is 16.8 Å². The standard InChI is InChI=1S/C28H28ClN3O4/c1-14-6-9-19-17(10-14)28(26(35)31-19)22-20(12-27(3,4)13-21(22)33)32(24(30)23(28)25(34)36-5)16-8-7-15(2)18(29)11-16/h6-11H,12-13,30H2,1-5H3,(H,31,35). The highest BCUT2D eigenvalue weighted by molar-refractivity contribution is 6.31. The number of benzene rings is 2. The SMILES string of the molecule is COC(=O)C1=C(N)N(c2ccc(C)c(Cl)c2)C2=C(C(=O)CC(C)(C)C2)C12C(=O)Nc1ccc(C)cc12. The number of nitrogens with one attached hydrogen (secondary N) is 1. The number of hydrogen-bond acceptors (Lipinski definition) is 6. The van der Waals surface area contributed by atoms with Gasteiger partial charge in [-0.1, -0.05) is 49.2 Å². The molecule has 36 heavy (non-hydrogen) atoms. The molecule has 0 radical (unpaired) electrons. The summed E-state index contributed by atoms with van der Waals surface area (Å²) in [5.41, 5.74) is 8.89. The molecule has 1 aliphatic carbocycles. The highest BCUT2D eigenvalue weighted by Gasteiger charge is 2.63. The largest absolute Gasteiger partial charge is 0.466 e. The maximum absolute atomic E-state index is 14.0. The molecule has 2 heterocycles. The van der Waals surface area contributed by atoms with Crippen molar-refractivity contribution in [3.63, 3.8) is 0 Å². The Morgan fingerprint density at radius 3 is 2.50 bits per heavy atom. The second kappa shape index (κ2) is 7.96. The number of nitrogens with two attached hydrogens (primary N) is 1. The lowest BCUT2D eigenvalue weighted by molar-refractivity contribution is -0.138. The normalized spacial score (nSPS) is 22.6. The fourth-order valence-electron chi connectivity index (χ4n) is 5.77. The van der Waals surface area contributed by atoms with E-state index in [-0.39, 0.29) is 29.2 Å². The predicted octanol–water partition coefficient (Wildman–Crippen LogP) is 4.65. The van der Waals surface area contributed by atoms with Gasteiger partial charge in [-0.25, -0.2) is 4.79 Å². The summed E-state index contributed by atoms with van der Waals surface area (Å²) in [6, 6.07) is 10.9. The molecule has 3 N–H and O–H groups in total. The fraction of sp³-hybridized carbons (Fsp3) is 0.321. The average Bonchev–Trinajstić information content (AvgIpc) is 3.06. The van der Waals surface area contributed by atoms with Gasteiger partial charge in [0.25, 0.3) is 0 Å². The number of rotatable bonds is 2. The summed E-state index contributed by atoms with van der Waals surface area (Å²) in [5, 5.41) is 3.41. The molecular formula is C28H28ClN3O4. The van der Waals surface area contributed by atoms with E-state index in [9.17, 15) is 14.4 Å². The van der Waals surface area contributed by atoms with Crippen LogP contribution in [0.25, 0.3) is 0 Å². The van der Waals surface area contributed by atoms with Crippen LogP contribution in [0.5, 0.6) is 0 Å². The van der Waals surface area contributed by atoms with Gasteiger partial charge in [-0.05, 0) is 49.4 Å². The van der Waals surface area contributed by atoms with E-state index in [4.69, 9.17) is 22.1 Å². The van der Waals surface area contributed by atoms with Gasteiger partial charge in [-0.3, -0.25) is 14.5 Å². The van der Waals surface area contributed by atoms with Crippen molar-refractivity contribution >= 4 is 40.6 Å². The first kappa shape index (κ1) is 24.1. The highest BCUT2D eigenvalue weighted by Crippen LogP contribution is 2.57. The van der Waals surface area contributed by atoms with Crippen molar-refractivity contribution in [2.45, 2.75) is 46.0 Å². The summed E-state index contributed by atoms with van der Waals surface area (Å²) in [5.74, 6) is -1.43. The van der Waals surface area contributed by atoms with Crippen molar-refractivity contribution < 1.29 is 19.1 Å². The van der Waals surface area contributed by atoms with Crippen LogP contribution in [0, 0.1) is 19.3 Å². The number of halogens is 1. The molecule has 2 aromatic carbocycles. The van der Waals surface area contributed by atoms with Crippen LogP contribution in [0.4, 0.5) is 11.4 Å². The van der Waals surface area contributed by atoms with Crippen LogP contribution in [-0.2, 0) is 24.5 Å². The Bertz CT molecular complexity index is 1440. The van der Waals surface area contributed by atoms with Crippen LogP contribution in [0.2, 0.25) is 5.02 Å². The third-order valence-electron chi connectivity index (χ3n) is 7.34. The number of amides is 1. The summed E-state index contributed by atoms with van der Waals surface area (Å²) in [4.78, 5) is 43.1. The molecule has 1 atom stereocenters. The smallest absolute Gasteiger partial charge is 0.339 e. The lowest BCUT2D eigenvalue weighted by Crippen LogP contribution is -2.54. The predicted molar refractivity (Wildman–Crippen MR) is 138 cm³/mol. The monoisotopic (exact) mass is 505 g/mol. The van der Waals surface area contributed by atoms with Crippen LogP contribution in [0.3, 0.4) is 0 Å². The number of carbonyl (C=O) groups excluding carboxylic acids is 3. The van der Waals surface area contributed by atoms with Crippen LogP contribution in [-0.4, -0.2) is 24.8 Å². The molecule has 186 valence electrons. The number of anilines is 2. The second-order valence-corrected chi connectivity index (χ2v) is 10.9. The zero-order valence-electron chi connectivity index (χ0n) is 20.9. The van der Waals surface area contributed by atoms with Crippen LogP contribution in [0.1, 0.15) is 43.4 Å². The fourth-order valence-corrected chi connectivity index (χ4v) is 5.94. The number of allylic oxidation sites excluding steroid dienone is 1. The number of hydrogen-bond donors (Lipinski definition) is 2. The minimum Gasteiger partial charge on any atom is -0.466 e. The number of ether oxygens (including phenoxy) is 1. The Morgan fingerprint density at radius 1 is 1.11 bits per heavy atom. The van der Waals surface area contributed by atoms with Crippen LogP contribution in [0.15, 0.2) is 59.1 Å². The number of carbonyl (C=O) groups is 3. The Hall–Kier alpha value is -3.58. The summed E-state index contributed by atoms with van der Waals surface area (Å²) < 4.78 is 5.18. The Labute approximate surface area is 214 Å². The molecule has 8 heteroatoms. The maximum Gasteiger partial charge on any atom is 0.339 e. The van der Waals surface area contributed by atoms with E-state index in [0.717, 1.165) is 11.1 Å². The summed E-state index contributed by atoms with van der Waals surface area (Å²) in [6.07, 6.45) is 0.684. The topological polar surface area (TPSA) is 102 Å². The Balaban J connectivity index is 1.94. The van der Waals surface area contributed by atoms with E-state index in [1.807, 2.05) is 52.0 Å². The third kappa shape index (κ3) is 3.22. The molecular weight excluding hydrogens is 478 g/mol. The van der Waals surface area contributed by atoms with Gasteiger partial charge >= 0.3 is 5.97 Å². The zero-order valence-corrected chi connectivity index (χ0v) is 21.7. The number of nitrogens with zero attached hydrogens (tertiary/aromatic N) is 1. The third-order valence-corrected chi connectivity index (χ3v) is 7.75. The maximum atomic E-state index is 14.0. The molecule has 3 aliphatic rings. The van der Waals surface area contributed by atoms with Gasteiger partial charge in [0.2, 0.25) is 5.91 Å². The molecule has 1 unspecified atom stereocenters. The van der Waals surface area contributed by atoms with E-state index in [1.54, 1.807) is 17.0 Å². The lowest BCUT2D eigenvalue weighted by Gasteiger charge is -2.47.